The topological polar surface area (TPSA) is 81.2 Å². The van der Waals surface area contributed by atoms with Gasteiger partial charge in [0.1, 0.15) is 5.02 Å². The van der Waals surface area contributed by atoms with Gasteiger partial charge >= 0.3 is 0 Å². The molecule has 2 aromatic rings. The third-order valence-electron chi connectivity index (χ3n) is 2.71. The molecule has 2 N–H and O–H groups in total. The van der Waals surface area contributed by atoms with Crippen LogP contribution in [0.15, 0.2) is 41.3 Å². The van der Waals surface area contributed by atoms with E-state index in [1.54, 1.807) is 31.3 Å². The van der Waals surface area contributed by atoms with Crippen LogP contribution in [0.2, 0.25) is 5.02 Å². The number of nitrogens with zero attached hydrogens (tertiary/aromatic N) is 3. The lowest BCUT2D eigenvalue weighted by Crippen LogP contribution is -2.33. The number of likely N-dealkylation sites (N-methyl/N-ethyl adjacent to an activating group) is 1. The van der Waals surface area contributed by atoms with Crippen molar-refractivity contribution in [2.24, 2.45) is 5.73 Å². The molecule has 1 amide bonds. The van der Waals surface area contributed by atoms with Gasteiger partial charge in [0.05, 0.1) is 24.1 Å². The summed E-state index contributed by atoms with van der Waals surface area (Å²) < 4.78 is 1.20. The molecule has 0 atom stereocenters. The Labute approximate surface area is 120 Å². The fraction of sp³-hybridized carbons (Fsp3) is 0.154. The predicted molar refractivity (Wildman–Crippen MR) is 77.3 cm³/mol. The molecule has 0 aliphatic rings. The van der Waals surface area contributed by atoms with Crippen molar-refractivity contribution in [1.82, 2.24) is 9.78 Å². The van der Waals surface area contributed by atoms with Crippen molar-refractivity contribution in [3.8, 4) is 5.69 Å². The molecule has 20 heavy (non-hydrogen) atoms. The normalized spacial score (nSPS) is 10.3. The number of carbonyl (C=O) groups is 1. The molecule has 0 radical (unpaired) electrons. The monoisotopic (exact) mass is 292 g/mol. The first kappa shape index (κ1) is 14.1. The van der Waals surface area contributed by atoms with E-state index in [4.69, 9.17) is 17.3 Å². The maximum Gasteiger partial charge on any atom is 0.292 e. The van der Waals surface area contributed by atoms with E-state index < -0.39 is 11.5 Å². The molecular formula is C13H13ClN4O2. The SMILES string of the molecule is CN(CC(N)=O)c1cnn(-c2ccccc2)c(=O)c1Cl. The van der Waals surface area contributed by atoms with Crippen molar-refractivity contribution in [3.63, 3.8) is 0 Å². The number of amides is 1. The van der Waals surface area contributed by atoms with Gasteiger partial charge in [0, 0.05) is 7.05 Å². The summed E-state index contributed by atoms with van der Waals surface area (Å²) in [5.41, 5.74) is 5.64. The maximum atomic E-state index is 12.2. The second kappa shape index (κ2) is 5.75. The number of anilines is 1. The van der Waals surface area contributed by atoms with Gasteiger partial charge in [-0.3, -0.25) is 9.59 Å². The van der Waals surface area contributed by atoms with Crippen LogP contribution in [-0.4, -0.2) is 29.3 Å². The van der Waals surface area contributed by atoms with Gasteiger partial charge in [0.25, 0.3) is 5.56 Å². The van der Waals surface area contributed by atoms with Crippen LogP contribution in [0, 0.1) is 0 Å². The number of benzene rings is 1. The molecule has 0 aliphatic carbocycles. The highest BCUT2D eigenvalue weighted by atomic mass is 35.5. The van der Waals surface area contributed by atoms with E-state index in [0.717, 1.165) is 0 Å². The van der Waals surface area contributed by atoms with Gasteiger partial charge in [-0.05, 0) is 12.1 Å². The largest absolute Gasteiger partial charge is 0.368 e. The van der Waals surface area contributed by atoms with Gasteiger partial charge in [-0.25, -0.2) is 0 Å². The molecule has 1 heterocycles. The standard InChI is InChI=1S/C13H13ClN4O2/c1-17(8-11(15)19)10-7-16-18(13(20)12(10)14)9-5-3-2-4-6-9/h2-7H,8H2,1H3,(H2,15,19). The van der Waals surface area contributed by atoms with Crippen LogP contribution in [0.5, 0.6) is 0 Å². The lowest BCUT2D eigenvalue weighted by atomic mass is 10.3. The molecule has 0 saturated carbocycles. The van der Waals surface area contributed by atoms with Gasteiger partial charge < -0.3 is 10.6 Å². The van der Waals surface area contributed by atoms with Crippen LogP contribution >= 0.6 is 11.6 Å². The number of aromatic nitrogens is 2. The number of hydrogen-bond donors (Lipinski definition) is 1. The van der Waals surface area contributed by atoms with Gasteiger partial charge in [-0.1, -0.05) is 29.8 Å². The van der Waals surface area contributed by atoms with Gasteiger partial charge in [0.2, 0.25) is 5.91 Å². The van der Waals surface area contributed by atoms with Crippen LogP contribution in [0.1, 0.15) is 0 Å². The van der Waals surface area contributed by atoms with Crippen molar-refractivity contribution >= 4 is 23.2 Å². The molecule has 0 saturated heterocycles. The highest BCUT2D eigenvalue weighted by molar-refractivity contribution is 6.33. The summed E-state index contributed by atoms with van der Waals surface area (Å²) in [5.74, 6) is -0.518. The fourth-order valence-electron chi connectivity index (χ4n) is 1.76. The highest BCUT2D eigenvalue weighted by Crippen LogP contribution is 2.20. The molecule has 6 nitrogen and oxygen atoms in total. The number of primary amides is 1. The summed E-state index contributed by atoms with van der Waals surface area (Å²) in [6, 6.07) is 8.93. The van der Waals surface area contributed by atoms with E-state index in [1.165, 1.54) is 15.8 Å². The molecule has 0 aliphatic heterocycles. The summed E-state index contributed by atoms with van der Waals surface area (Å²) in [5, 5.41) is 4.06. The zero-order chi connectivity index (χ0) is 14.7. The Balaban J connectivity index is 2.45. The van der Waals surface area contributed by atoms with Crippen molar-refractivity contribution in [1.29, 1.82) is 0 Å². The molecule has 7 heteroatoms. The van der Waals surface area contributed by atoms with E-state index >= 15 is 0 Å². The molecule has 1 aromatic carbocycles. The van der Waals surface area contributed by atoms with Crippen LogP contribution in [0.25, 0.3) is 5.69 Å². The Morgan fingerprint density at radius 3 is 2.65 bits per heavy atom. The molecule has 0 fully saturated rings. The lowest BCUT2D eigenvalue weighted by molar-refractivity contribution is -0.116. The second-order valence-corrected chi connectivity index (χ2v) is 4.60. The molecule has 2 rings (SSSR count). The summed E-state index contributed by atoms with van der Waals surface area (Å²) in [6.45, 7) is -0.0454. The van der Waals surface area contributed by atoms with Crippen LogP contribution in [-0.2, 0) is 4.79 Å². The molecule has 0 bridgehead atoms. The first-order valence-corrected chi connectivity index (χ1v) is 6.21. The van der Waals surface area contributed by atoms with Crippen molar-refractivity contribution in [3.05, 3.63) is 51.9 Å². The number of hydrogen-bond acceptors (Lipinski definition) is 4. The Morgan fingerprint density at radius 2 is 2.05 bits per heavy atom. The number of carbonyl (C=O) groups excluding carboxylic acids is 1. The maximum absolute atomic E-state index is 12.2. The van der Waals surface area contributed by atoms with Crippen LogP contribution < -0.4 is 16.2 Å². The Hall–Kier alpha value is -2.34. The number of halogens is 1. The van der Waals surface area contributed by atoms with Crippen molar-refractivity contribution in [2.45, 2.75) is 0 Å². The zero-order valence-electron chi connectivity index (χ0n) is 10.8. The quantitative estimate of drug-likeness (QED) is 0.904. The zero-order valence-corrected chi connectivity index (χ0v) is 11.5. The molecule has 0 spiro atoms. The molecule has 0 unspecified atom stereocenters. The summed E-state index contributed by atoms with van der Waals surface area (Å²) in [4.78, 5) is 24.6. The van der Waals surface area contributed by atoms with Crippen molar-refractivity contribution in [2.75, 3.05) is 18.5 Å². The van der Waals surface area contributed by atoms with E-state index in [1.807, 2.05) is 6.07 Å². The average Bonchev–Trinajstić information content (AvgIpc) is 2.42. The Morgan fingerprint density at radius 1 is 1.40 bits per heavy atom. The molecule has 1 aromatic heterocycles. The minimum absolute atomic E-state index is 0.00685. The fourth-order valence-corrected chi connectivity index (χ4v) is 2.04. The average molecular weight is 293 g/mol. The van der Waals surface area contributed by atoms with Gasteiger partial charge in [0.15, 0.2) is 0 Å². The van der Waals surface area contributed by atoms with Gasteiger partial charge in [-0.2, -0.15) is 9.78 Å². The minimum atomic E-state index is -0.518. The summed E-state index contributed by atoms with van der Waals surface area (Å²) in [6.07, 6.45) is 1.43. The third-order valence-corrected chi connectivity index (χ3v) is 3.06. The summed E-state index contributed by atoms with van der Waals surface area (Å²) in [7, 11) is 1.61. The van der Waals surface area contributed by atoms with Gasteiger partial charge in [-0.15, -0.1) is 0 Å². The highest BCUT2D eigenvalue weighted by Gasteiger charge is 2.14. The second-order valence-electron chi connectivity index (χ2n) is 4.22. The van der Waals surface area contributed by atoms with E-state index in [9.17, 15) is 9.59 Å². The smallest absolute Gasteiger partial charge is 0.292 e. The first-order valence-electron chi connectivity index (χ1n) is 5.83. The number of nitrogens with two attached hydrogens (primary N) is 1. The lowest BCUT2D eigenvalue weighted by Gasteiger charge is -2.18. The van der Waals surface area contributed by atoms with Crippen LogP contribution in [0.4, 0.5) is 5.69 Å². The Kier molecular flexibility index (Phi) is 4.05. The van der Waals surface area contributed by atoms with Crippen LogP contribution in [0.3, 0.4) is 0 Å². The molecule has 104 valence electrons. The minimum Gasteiger partial charge on any atom is -0.368 e. The van der Waals surface area contributed by atoms with Crippen molar-refractivity contribution < 1.29 is 4.79 Å². The third kappa shape index (κ3) is 2.80. The molecular weight excluding hydrogens is 280 g/mol. The van der Waals surface area contributed by atoms with E-state index in [2.05, 4.69) is 5.10 Å². The van der Waals surface area contributed by atoms with E-state index in [-0.39, 0.29) is 11.6 Å². The number of rotatable bonds is 4. The number of para-hydroxylation sites is 1. The van der Waals surface area contributed by atoms with E-state index in [0.29, 0.717) is 11.4 Å². The first-order chi connectivity index (χ1) is 9.50. The summed E-state index contributed by atoms with van der Waals surface area (Å²) >= 11 is 6.06. The predicted octanol–water partition coefficient (Wildman–Crippen LogP) is 0.807. The Bertz CT molecular complexity index is 685.